The Bertz CT molecular complexity index is 1020. The average molecular weight is 366 g/mol. The zero-order valence-electron chi connectivity index (χ0n) is 15.3. The fraction of sp³-hybridized carbons (Fsp3) is 0.238. The highest BCUT2D eigenvalue weighted by atomic mass is 16.5. The first-order valence-electron chi connectivity index (χ1n) is 8.71. The molecule has 0 aliphatic rings. The van der Waals surface area contributed by atoms with E-state index in [2.05, 4.69) is 5.32 Å². The van der Waals surface area contributed by atoms with Gasteiger partial charge in [-0.25, -0.2) is 0 Å². The fourth-order valence-corrected chi connectivity index (χ4v) is 3.07. The number of benzene rings is 2. The number of para-hydroxylation sites is 1. The summed E-state index contributed by atoms with van der Waals surface area (Å²) in [6, 6.07) is 14.3. The van der Waals surface area contributed by atoms with Crippen LogP contribution in [-0.4, -0.2) is 28.8 Å². The normalized spacial score (nSPS) is 12.0. The second-order valence-electron chi connectivity index (χ2n) is 6.43. The molecule has 6 heteroatoms. The van der Waals surface area contributed by atoms with E-state index in [4.69, 9.17) is 4.74 Å². The van der Waals surface area contributed by atoms with E-state index in [1.54, 1.807) is 44.5 Å². The first-order valence-corrected chi connectivity index (χ1v) is 8.71. The maximum atomic E-state index is 12.6. The van der Waals surface area contributed by atoms with Crippen LogP contribution in [0.1, 0.15) is 12.5 Å². The van der Waals surface area contributed by atoms with Crippen molar-refractivity contribution < 1.29 is 14.6 Å². The summed E-state index contributed by atoms with van der Waals surface area (Å²) in [6.07, 6.45) is 1.18. The lowest BCUT2D eigenvalue weighted by atomic mass is 10.1. The Morgan fingerprint density at radius 3 is 2.67 bits per heavy atom. The van der Waals surface area contributed by atoms with E-state index >= 15 is 0 Å². The SMILES string of the molecule is COc1ccccc1CC(=O)Nc1cccc2c(=O)n(CC(C)O)ccc12. The number of nitrogens with one attached hydrogen (secondary N) is 1. The summed E-state index contributed by atoms with van der Waals surface area (Å²) in [7, 11) is 1.57. The minimum absolute atomic E-state index is 0.166. The van der Waals surface area contributed by atoms with E-state index in [9.17, 15) is 14.7 Å². The van der Waals surface area contributed by atoms with Gasteiger partial charge in [-0.2, -0.15) is 0 Å². The first kappa shape index (κ1) is 18.7. The number of nitrogens with zero attached hydrogens (tertiary/aromatic N) is 1. The van der Waals surface area contributed by atoms with Crippen molar-refractivity contribution in [2.24, 2.45) is 0 Å². The standard InChI is InChI=1S/C21H22N2O4/c1-14(24)13-23-11-10-16-17(21(23)26)7-5-8-18(16)22-20(25)12-15-6-3-4-9-19(15)27-2/h3-11,14,24H,12-13H2,1-2H3,(H,22,25). The van der Waals surface area contributed by atoms with Crippen LogP contribution in [0, 0.1) is 0 Å². The number of rotatable bonds is 6. The monoisotopic (exact) mass is 366 g/mol. The molecule has 2 aromatic carbocycles. The number of amides is 1. The van der Waals surface area contributed by atoms with Crippen molar-refractivity contribution in [3.63, 3.8) is 0 Å². The molecule has 0 bridgehead atoms. The summed E-state index contributed by atoms with van der Waals surface area (Å²) < 4.78 is 6.75. The minimum Gasteiger partial charge on any atom is -0.496 e. The molecule has 1 atom stereocenters. The molecule has 0 aliphatic heterocycles. The van der Waals surface area contributed by atoms with Crippen LogP contribution in [0.3, 0.4) is 0 Å². The molecular weight excluding hydrogens is 344 g/mol. The largest absolute Gasteiger partial charge is 0.496 e. The maximum Gasteiger partial charge on any atom is 0.258 e. The predicted molar refractivity (Wildman–Crippen MR) is 105 cm³/mol. The van der Waals surface area contributed by atoms with Gasteiger partial charge in [0, 0.05) is 28.2 Å². The summed E-state index contributed by atoms with van der Waals surface area (Å²) in [5, 5.41) is 13.6. The molecule has 27 heavy (non-hydrogen) atoms. The second kappa shape index (κ2) is 8.05. The van der Waals surface area contributed by atoms with Gasteiger partial charge in [0.05, 0.1) is 26.2 Å². The first-order chi connectivity index (χ1) is 13.0. The summed E-state index contributed by atoms with van der Waals surface area (Å²) in [5.41, 5.74) is 1.17. The zero-order valence-corrected chi connectivity index (χ0v) is 15.3. The maximum absolute atomic E-state index is 12.6. The lowest BCUT2D eigenvalue weighted by Gasteiger charge is -2.13. The molecule has 1 aromatic heterocycles. The molecule has 1 amide bonds. The molecule has 3 rings (SSSR count). The summed E-state index contributed by atoms with van der Waals surface area (Å²) in [4.78, 5) is 25.1. The van der Waals surface area contributed by atoms with E-state index < -0.39 is 6.10 Å². The van der Waals surface area contributed by atoms with E-state index in [0.29, 0.717) is 22.2 Å². The van der Waals surface area contributed by atoms with Crippen LogP contribution >= 0.6 is 0 Å². The van der Waals surface area contributed by atoms with Crippen LogP contribution in [0.25, 0.3) is 10.8 Å². The second-order valence-corrected chi connectivity index (χ2v) is 6.43. The number of hydrogen-bond donors (Lipinski definition) is 2. The van der Waals surface area contributed by atoms with Crippen molar-refractivity contribution in [2.45, 2.75) is 26.0 Å². The molecule has 2 N–H and O–H groups in total. The number of aliphatic hydroxyl groups is 1. The number of methoxy groups -OCH3 is 1. The third kappa shape index (κ3) is 4.17. The Balaban J connectivity index is 1.88. The number of anilines is 1. The molecule has 0 aliphatic carbocycles. The van der Waals surface area contributed by atoms with Crippen LogP contribution in [-0.2, 0) is 17.8 Å². The van der Waals surface area contributed by atoms with Crippen molar-refractivity contribution in [3.05, 3.63) is 70.6 Å². The van der Waals surface area contributed by atoms with Crippen LogP contribution in [0.5, 0.6) is 5.75 Å². The van der Waals surface area contributed by atoms with Crippen molar-refractivity contribution in [1.82, 2.24) is 4.57 Å². The Kier molecular flexibility index (Phi) is 5.57. The van der Waals surface area contributed by atoms with Gasteiger partial charge in [0.2, 0.25) is 5.91 Å². The zero-order chi connectivity index (χ0) is 19.4. The van der Waals surface area contributed by atoms with Gasteiger partial charge >= 0.3 is 0 Å². The van der Waals surface area contributed by atoms with Gasteiger partial charge in [-0.3, -0.25) is 9.59 Å². The van der Waals surface area contributed by atoms with Crippen LogP contribution < -0.4 is 15.6 Å². The molecule has 0 fully saturated rings. The van der Waals surface area contributed by atoms with E-state index in [0.717, 1.165) is 5.56 Å². The third-order valence-electron chi connectivity index (χ3n) is 4.30. The van der Waals surface area contributed by atoms with Gasteiger partial charge < -0.3 is 19.7 Å². The van der Waals surface area contributed by atoms with Crippen LogP contribution in [0.4, 0.5) is 5.69 Å². The van der Waals surface area contributed by atoms with E-state index in [1.165, 1.54) is 4.57 Å². The van der Waals surface area contributed by atoms with Gasteiger partial charge in [0.1, 0.15) is 5.75 Å². The Hall–Kier alpha value is -3.12. The number of carbonyl (C=O) groups is 1. The lowest BCUT2D eigenvalue weighted by molar-refractivity contribution is -0.115. The molecule has 3 aromatic rings. The minimum atomic E-state index is -0.621. The molecule has 6 nitrogen and oxygen atoms in total. The van der Waals surface area contributed by atoms with Gasteiger partial charge in [0.25, 0.3) is 5.56 Å². The highest BCUT2D eigenvalue weighted by Crippen LogP contribution is 2.22. The number of ether oxygens (including phenoxy) is 1. The summed E-state index contributed by atoms with van der Waals surface area (Å²) in [5.74, 6) is 0.465. The molecule has 0 saturated heterocycles. The topological polar surface area (TPSA) is 80.6 Å². The number of carbonyl (C=O) groups excluding carboxylic acids is 1. The van der Waals surface area contributed by atoms with Crippen molar-refractivity contribution in [3.8, 4) is 5.75 Å². The highest BCUT2D eigenvalue weighted by Gasteiger charge is 2.12. The third-order valence-corrected chi connectivity index (χ3v) is 4.30. The van der Waals surface area contributed by atoms with Gasteiger partial charge in [-0.15, -0.1) is 0 Å². The Morgan fingerprint density at radius 1 is 1.15 bits per heavy atom. The molecular formula is C21H22N2O4. The number of aliphatic hydroxyl groups excluding tert-OH is 1. The molecule has 1 unspecified atom stereocenters. The van der Waals surface area contributed by atoms with Crippen molar-refractivity contribution >= 4 is 22.4 Å². The van der Waals surface area contributed by atoms with Gasteiger partial charge in [0.15, 0.2) is 0 Å². The van der Waals surface area contributed by atoms with Crippen molar-refractivity contribution in [2.75, 3.05) is 12.4 Å². The molecule has 0 spiro atoms. The lowest BCUT2D eigenvalue weighted by Crippen LogP contribution is -2.25. The molecule has 140 valence electrons. The molecule has 0 saturated carbocycles. The number of aromatic nitrogens is 1. The van der Waals surface area contributed by atoms with E-state index in [1.807, 2.05) is 24.3 Å². The smallest absolute Gasteiger partial charge is 0.258 e. The summed E-state index contributed by atoms with van der Waals surface area (Å²) >= 11 is 0. The Labute approximate surface area is 157 Å². The highest BCUT2D eigenvalue weighted by molar-refractivity contribution is 6.02. The van der Waals surface area contributed by atoms with Gasteiger partial charge in [-0.1, -0.05) is 24.3 Å². The summed E-state index contributed by atoms with van der Waals surface area (Å²) in [6.45, 7) is 1.85. The quantitative estimate of drug-likeness (QED) is 0.703. The van der Waals surface area contributed by atoms with Gasteiger partial charge in [-0.05, 0) is 31.2 Å². The number of fused-ring (bicyclic) bond motifs is 1. The van der Waals surface area contributed by atoms with Crippen molar-refractivity contribution in [1.29, 1.82) is 0 Å². The Morgan fingerprint density at radius 2 is 1.93 bits per heavy atom. The molecule has 0 radical (unpaired) electrons. The number of pyridine rings is 1. The van der Waals surface area contributed by atoms with Crippen LogP contribution in [0.2, 0.25) is 0 Å². The van der Waals surface area contributed by atoms with Crippen LogP contribution in [0.15, 0.2) is 59.5 Å². The number of hydrogen-bond acceptors (Lipinski definition) is 4. The fourth-order valence-electron chi connectivity index (χ4n) is 3.07. The molecule has 1 heterocycles. The average Bonchev–Trinajstić information content (AvgIpc) is 2.64. The predicted octanol–water partition coefficient (Wildman–Crippen LogP) is 2.57. The van der Waals surface area contributed by atoms with E-state index in [-0.39, 0.29) is 24.4 Å².